The summed E-state index contributed by atoms with van der Waals surface area (Å²) < 4.78 is 0. The van der Waals surface area contributed by atoms with Gasteiger partial charge in [0.05, 0.1) is 5.02 Å². The monoisotopic (exact) mass is 199 g/mol. The molecule has 0 radical (unpaired) electrons. The largest absolute Gasteiger partial charge is 0.506 e. The molecule has 0 atom stereocenters. The number of hydrogen-bond donors (Lipinski definition) is 2. The molecule has 70 valence electrons. The molecule has 0 spiro atoms. The van der Waals surface area contributed by atoms with Crippen LogP contribution in [0.3, 0.4) is 0 Å². The third-order valence-electron chi connectivity index (χ3n) is 1.57. The molecule has 0 aliphatic carbocycles. The molecule has 0 unspecified atom stereocenters. The maximum atomic E-state index is 10.7. The van der Waals surface area contributed by atoms with Crippen LogP contribution < -0.4 is 5.32 Å². The average molecular weight is 200 g/mol. The van der Waals surface area contributed by atoms with Crippen molar-refractivity contribution in [2.75, 3.05) is 5.32 Å². The summed E-state index contributed by atoms with van der Waals surface area (Å²) in [5.74, 6) is -0.114. The highest BCUT2D eigenvalue weighted by molar-refractivity contribution is 6.32. The van der Waals surface area contributed by atoms with E-state index in [0.717, 1.165) is 0 Å². The van der Waals surface area contributed by atoms with Gasteiger partial charge in [0, 0.05) is 12.6 Å². The number of rotatable bonds is 1. The zero-order valence-corrected chi connectivity index (χ0v) is 8.14. The van der Waals surface area contributed by atoms with Crippen LogP contribution in [0, 0.1) is 6.92 Å². The lowest BCUT2D eigenvalue weighted by Crippen LogP contribution is -2.05. The molecule has 0 aliphatic rings. The summed E-state index contributed by atoms with van der Waals surface area (Å²) in [6.07, 6.45) is 0. The van der Waals surface area contributed by atoms with E-state index in [-0.39, 0.29) is 16.7 Å². The van der Waals surface area contributed by atoms with Gasteiger partial charge in [0.1, 0.15) is 5.75 Å². The minimum Gasteiger partial charge on any atom is -0.506 e. The molecule has 0 aliphatic heterocycles. The number of phenolic OH excluding ortho intramolecular Hbond substituents is 1. The highest BCUT2D eigenvalue weighted by atomic mass is 35.5. The maximum Gasteiger partial charge on any atom is 0.221 e. The molecule has 1 rings (SSSR count). The normalized spacial score (nSPS) is 9.77. The van der Waals surface area contributed by atoms with Gasteiger partial charge >= 0.3 is 0 Å². The summed E-state index contributed by atoms with van der Waals surface area (Å²) in [5.41, 5.74) is 1.23. The van der Waals surface area contributed by atoms with Crippen LogP contribution in [0.15, 0.2) is 12.1 Å². The number of hydrogen-bond acceptors (Lipinski definition) is 2. The lowest BCUT2D eigenvalue weighted by molar-refractivity contribution is -0.114. The molecule has 13 heavy (non-hydrogen) atoms. The first-order valence-corrected chi connectivity index (χ1v) is 4.15. The van der Waals surface area contributed by atoms with Gasteiger partial charge in [-0.05, 0) is 24.6 Å². The number of amides is 1. The molecule has 1 amide bonds. The topological polar surface area (TPSA) is 49.3 Å². The van der Waals surface area contributed by atoms with Gasteiger partial charge in [0.15, 0.2) is 0 Å². The first kappa shape index (κ1) is 9.86. The second kappa shape index (κ2) is 3.66. The fourth-order valence-corrected chi connectivity index (χ4v) is 1.28. The van der Waals surface area contributed by atoms with E-state index in [2.05, 4.69) is 5.32 Å². The summed E-state index contributed by atoms with van der Waals surface area (Å²) in [4.78, 5) is 10.7. The molecular weight excluding hydrogens is 190 g/mol. The van der Waals surface area contributed by atoms with Crippen molar-refractivity contribution >= 4 is 23.2 Å². The predicted octanol–water partition coefficient (Wildman–Crippen LogP) is 2.31. The Kier molecular flexibility index (Phi) is 2.78. The van der Waals surface area contributed by atoms with Gasteiger partial charge in [0.2, 0.25) is 5.91 Å². The molecule has 0 saturated carbocycles. The molecule has 1 aromatic carbocycles. The van der Waals surface area contributed by atoms with E-state index in [1.807, 2.05) is 0 Å². The summed E-state index contributed by atoms with van der Waals surface area (Å²) in [6, 6.07) is 3.16. The van der Waals surface area contributed by atoms with Gasteiger partial charge in [-0.15, -0.1) is 0 Å². The SMILES string of the molecule is CC(=O)Nc1cc(C)c(O)c(Cl)c1. The maximum absolute atomic E-state index is 10.7. The summed E-state index contributed by atoms with van der Waals surface area (Å²) in [6.45, 7) is 3.13. The fraction of sp³-hybridized carbons (Fsp3) is 0.222. The molecule has 0 saturated heterocycles. The van der Waals surface area contributed by atoms with Crippen molar-refractivity contribution in [3.63, 3.8) is 0 Å². The van der Waals surface area contributed by atoms with Crippen LogP contribution in [0.25, 0.3) is 0 Å². The Bertz CT molecular complexity index is 326. The van der Waals surface area contributed by atoms with E-state index < -0.39 is 0 Å². The van der Waals surface area contributed by atoms with Crippen LogP contribution in [-0.2, 0) is 4.79 Å². The molecule has 0 fully saturated rings. The van der Waals surface area contributed by atoms with E-state index in [1.54, 1.807) is 13.0 Å². The van der Waals surface area contributed by atoms with Crippen molar-refractivity contribution in [2.24, 2.45) is 0 Å². The summed E-state index contributed by atoms with van der Waals surface area (Å²) in [7, 11) is 0. The Balaban J connectivity index is 3.06. The minimum atomic E-state index is -0.166. The van der Waals surface area contributed by atoms with Crippen molar-refractivity contribution in [1.82, 2.24) is 0 Å². The number of aromatic hydroxyl groups is 1. The zero-order chi connectivity index (χ0) is 10.0. The lowest BCUT2D eigenvalue weighted by Gasteiger charge is -2.06. The number of benzene rings is 1. The highest BCUT2D eigenvalue weighted by Crippen LogP contribution is 2.30. The van der Waals surface area contributed by atoms with E-state index in [1.165, 1.54) is 13.0 Å². The average Bonchev–Trinajstić information content (AvgIpc) is 1.98. The standard InChI is InChI=1S/C9H10ClNO2/c1-5-3-7(11-6(2)12)4-8(10)9(5)13/h3-4,13H,1-2H3,(H,11,12). The van der Waals surface area contributed by atoms with Crippen molar-refractivity contribution in [3.8, 4) is 5.75 Å². The van der Waals surface area contributed by atoms with Crippen molar-refractivity contribution < 1.29 is 9.90 Å². The first-order chi connectivity index (χ1) is 6.00. The molecule has 2 N–H and O–H groups in total. The third kappa shape index (κ3) is 2.36. The van der Waals surface area contributed by atoms with Crippen LogP contribution in [-0.4, -0.2) is 11.0 Å². The Morgan fingerprint density at radius 1 is 1.54 bits per heavy atom. The van der Waals surface area contributed by atoms with Crippen molar-refractivity contribution in [3.05, 3.63) is 22.7 Å². The van der Waals surface area contributed by atoms with Gasteiger partial charge in [-0.1, -0.05) is 11.6 Å². The molecule has 4 heteroatoms. The minimum absolute atomic E-state index is 0.0516. The Morgan fingerprint density at radius 3 is 2.62 bits per heavy atom. The zero-order valence-electron chi connectivity index (χ0n) is 7.39. The third-order valence-corrected chi connectivity index (χ3v) is 1.86. The molecular formula is C9H10ClNO2. The van der Waals surface area contributed by atoms with Crippen molar-refractivity contribution in [2.45, 2.75) is 13.8 Å². The van der Waals surface area contributed by atoms with Gasteiger partial charge < -0.3 is 10.4 Å². The van der Waals surface area contributed by atoms with E-state index in [4.69, 9.17) is 11.6 Å². The summed E-state index contributed by atoms with van der Waals surface area (Å²) >= 11 is 5.70. The van der Waals surface area contributed by atoms with Crippen LogP contribution >= 0.6 is 11.6 Å². The Hall–Kier alpha value is -1.22. The number of aryl methyl sites for hydroxylation is 1. The number of phenols is 1. The number of halogens is 1. The Morgan fingerprint density at radius 2 is 2.15 bits per heavy atom. The number of anilines is 1. The number of nitrogens with one attached hydrogen (secondary N) is 1. The first-order valence-electron chi connectivity index (χ1n) is 3.77. The number of carbonyl (C=O) groups excluding carboxylic acids is 1. The van der Waals surface area contributed by atoms with Crippen LogP contribution in [0.5, 0.6) is 5.75 Å². The highest BCUT2D eigenvalue weighted by Gasteiger charge is 2.05. The molecule has 3 nitrogen and oxygen atoms in total. The van der Waals surface area contributed by atoms with Gasteiger partial charge in [-0.3, -0.25) is 4.79 Å². The molecule has 0 bridgehead atoms. The van der Waals surface area contributed by atoms with Crippen LogP contribution in [0.2, 0.25) is 5.02 Å². The van der Waals surface area contributed by atoms with E-state index in [9.17, 15) is 9.90 Å². The van der Waals surface area contributed by atoms with Crippen LogP contribution in [0.1, 0.15) is 12.5 Å². The smallest absolute Gasteiger partial charge is 0.221 e. The fourth-order valence-electron chi connectivity index (χ4n) is 1.01. The van der Waals surface area contributed by atoms with Gasteiger partial charge in [-0.25, -0.2) is 0 Å². The molecule has 1 aromatic rings. The van der Waals surface area contributed by atoms with Gasteiger partial charge in [-0.2, -0.15) is 0 Å². The van der Waals surface area contributed by atoms with E-state index in [0.29, 0.717) is 11.3 Å². The molecule has 0 heterocycles. The molecule has 0 aromatic heterocycles. The number of carbonyl (C=O) groups is 1. The predicted molar refractivity (Wildman–Crippen MR) is 52.2 cm³/mol. The Labute approximate surface area is 81.3 Å². The second-order valence-corrected chi connectivity index (χ2v) is 3.21. The summed E-state index contributed by atoms with van der Waals surface area (Å²) in [5, 5.41) is 12.1. The van der Waals surface area contributed by atoms with Crippen molar-refractivity contribution in [1.29, 1.82) is 0 Å². The quantitative estimate of drug-likeness (QED) is 0.682. The lowest BCUT2D eigenvalue weighted by atomic mass is 10.2. The van der Waals surface area contributed by atoms with E-state index >= 15 is 0 Å². The van der Waals surface area contributed by atoms with Crippen LogP contribution in [0.4, 0.5) is 5.69 Å². The second-order valence-electron chi connectivity index (χ2n) is 2.80. The van der Waals surface area contributed by atoms with Gasteiger partial charge in [0.25, 0.3) is 0 Å².